The standard InChI is InChI=1S/C13H17Br2ClN4O4.C2H4/c1-4-17-18-24-20(3,23)12-10(15)13(22)9(14)8(11(12)16)7-19(2)5-6-21;1-2/h18,21,23H,1,5-7H2,2-3H3;1-2H2/p+1. The molecule has 26 heavy (non-hydrogen) atoms. The van der Waals surface area contributed by atoms with Gasteiger partial charge in [0.15, 0.2) is 5.75 Å². The number of hydrogen-bond donors (Lipinski definition) is 4. The molecule has 4 N–H and O–H groups in total. The van der Waals surface area contributed by atoms with Gasteiger partial charge in [0.2, 0.25) is 5.69 Å². The van der Waals surface area contributed by atoms with Crippen LogP contribution in [-0.2, 0) is 11.5 Å². The van der Waals surface area contributed by atoms with Crippen molar-refractivity contribution in [1.29, 1.82) is 0 Å². The van der Waals surface area contributed by atoms with Gasteiger partial charge >= 0.3 is 0 Å². The quantitative estimate of drug-likeness (QED) is 0.183. The van der Waals surface area contributed by atoms with Gasteiger partial charge in [-0.2, -0.15) is 5.21 Å². The van der Waals surface area contributed by atoms with Gasteiger partial charge in [-0.3, -0.25) is 4.90 Å². The van der Waals surface area contributed by atoms with Crippen LogP contribution in [0, 0.1) is 0 Å². The number of rotatable bonds is 8. The lowest BCUT2D eigenvalue weighted by molar-refractivity contribution is -0.340. The number of quaternary nitrogens is 1. The van der Waals surface area contributed by atoms with E-state index in [0.717, 1.165) is 0 Å². The molecule has 0 aliphatic rings. The molecule has 0 fully saturated rings. The number of likely N-dealkylation sites (N-methyl/N-ethyl adjacent to an activating group) is 1. The van der Waals surface area contributed by atoms with E-state index in [9.17, 15) is 10.3 Å². The van der Waals surface area contributed by atoms with Crippen molar-refractivity contribution < 1.29 is 20.4 Å². The van der Waals surface area contributed by atoms with Crippen LogP contribution >= 0.6 is 43.5 Å². The molecule has 0 spiro atoms. The van der Waals surface area contributed by atoms with Crippen molar-refractivity contribution in [2.24, 2.45) is 5.10 Å². The number of aliphatic hydroxyl groups excluding tert-OH is 1. The molecule has 0 saturated heterocycles. The average Bonchev–Trinajstić information content (AvgIpc) is 2.59. The van der Waals surface area contributed by atoms with Crippen molar-refractivity contribution in [3.8, 4) is 5.75 Å². The number of hydroxylamine groups is 2. The zero-order valence-electron chi connectivity index (χ0n) is 14.5. The molecule has 1 unspecified atom stereocenters. The van der Waals surface area contributed by atoms with E-state index < -0.39 is 4.81 Å². The number of halogens is 3. The molecule has 0 aliphatic heterocycles. The van der Waals surface area contributed by atoms with Crippen LogP contribution in [0.4, 0.5) is 5.69 Å². The molecule has 1 rings (SSSR count). The summed E-state index contributed by atoms with van der Waals surface area (Å²) in [5, 5.41) is 33.4. The summed E-state index contributed by atoms with van der Waals surface area (Å²) in [5.74, 6) is 2.02. The minimum absolute atomic E-state index is 0.0263. The lowest BCUT2D eigenvalue weighted by Gasteiger charge is -2.25. The summed E-state index contributed by atoms with van der Waals surface area (Å²) in [6.45, 7) is 9.94. The number of aromatic hydroxyl groups is 1. The summed E-state index contributed by atoms with van der Waals surface area (Å²) in [4.78, 5) is 5.62. The molecule has 1 atom stereocenters. The predicted molar refractivity (Wildman–Crippen MR) is 110 cm³/mol. The highest BCUT2D eigenvalue weighted by Crippen LogP contribution is 2.49. The summed E-state index contributed by atoms with van der Waals surface area (Å²) in [7, 11) is 3.05. The van der Waals surface area contributed by atoms with E-state index in [2.05, 4.69) is 68.2 Å². The number of benzene rings is 1. The monoisotopic (exact) mass is 515 g/mol. The second-order valence-corrected chi connectivity index (χ2v) is 6.87. The zero-order chi connectivity index (χ0) is 20.5. The number of phenols is 1. The molecular weight excluding hydrogens is 495 g/mol. The summed E-state index contributed by atoms with van der Waals surface area (Å²) >= 11 is 12.9. The second-order valence-electron chi connectivity index (χ2n) is 4.91. The van der Waals surface area contributed by atoms with E-state index in [0.29, 0.717) is 23.1 Å². The third-order valence-electron chi connectivity index (χ3n) is 3.03. The molecule has 146 valence electrons. The van der Waals surface area contributed by atoms with E-state index in [1.165, 1.54) is 7.05 Å². The Balaban J connectivity index is 0.00000301. The van der Waals surface area contributed by atoms with Crippen molar-refractivity contribution in [2.75, 3.05) is 27.2 Å². The maximum absolute atomic E-state index is 10.5. The van der Waals surface area contributed by atoms with Gasteiger partial charge in [-0.1, -0.05) is 11.6 Å². The topological polar surface area (TPSA) is 97.6 Å². The normalized spacial score (nSPS) is 12.6. The first-order chi connectivity index (χ1) is 12.2. The third-order valence-corrected chi connectivity index (χ3v) is 5.04. The second kappa shape index (κ2) is 11.7. The lowest BCUT2D eigenvalue weighted by atomic mass is 10.1. The van der Waals surface area contributed by atoms with Crippen molar-refractivity contribution in [2.45, 2.75) is 6.54 Å². The maximum Gasteiger partial charge on any atom is 0.238 e. The minimum Gasteiger partial charge on any atom is -0.505 e. The predicted octanol–water partition coefficient (Wildman–Crippen LogP) is 3.33. The van der Waals surface area contributed by atoms with Crippen LogP contribution in [0.5, 0.6) is 5.75 Å². The van der Waals surface area contributed by atoms with E-state index in [-0.39, 0.29) is 27.5 Å². The molecule has 8 nitrogen and oxygen atoms in total. The molecular formula is C15H22Br2ClN4O4+. The average molecular weight is 518 g/mol. The molecule has 0 radical (unpaired) electrons. The smallest absolute Gasteiger partial charge is 0.238 e. The van der Waals surface area contributed by atoms with Crippen molar-refractivity contribution in [1.82, 2.24) is 15.3 Å². The minimum atomic E-state index is -1.18. The summed E-state index contributed by atoms with van der Waals surface area (Å²) in [5.41, 5.74) is 2.66. The fourth-order valence-corrected chi connectivity index (χ4v) is 4.03. The number of hydrogen-bond acceptors (Lipinski definition) is 7. The summed E-state index contributed by atoms with van der Waals surface area (Å²) in [6.07, 6.45) is 0. The number of nitrogens with zero attached hydrogens (tertiary/aromatic N) is 3. The van der Waals surface area contributed by atoms with Gasteiger partial charge in [-0.15, -0.1) is 23.8 Å². The highest BCUT2D eigenvalue weighted by molar-refractivity contribution is 9.11. The first-order valence-electron chi connectivity index (χ1n) is 7.10. The molecule has 0 heterocycles. The van der Waals surface area contributed by atoms with Crippen LogP contribution in [0.15, 0.2) is 33.8 Å². The third kappa shape index (κ3) is 6.34. The van der Waals surface area contributed by atoms with E-state index in [1.54, 1.807) is 11.9 Å². The van der Waals surface area contributed by atoms with Gasteiger partial charge in [-0.05, 0) is 50.4 Å². The first-order valence-corrected chi connectivity index (χ1v) is 9.06. The Morgan fingerprint density at radius 3 is 2.46 bits per heavy atom. The molecule has 11 heteroatoms. The van der Waals surface area contributed by atoms with Gasteiger partial charge < -0.3 is 10.2 Å². The molecule has 0 amide bonds. The Morgan fingerprint density at radius 2 is 1.96 bits per heavy atom. The van der Waals surface area contributed by atoms with Gasteiger partial charge in [0, 0.05) is 29.3 Å². The maximum atomic E-state index is 10.5. The van der Waals surface area contributed by atoms with E-state index >= 15 is 0 Å². The Labute approximate surface area is 174 Å². The van der Waals surface area contributed by atoms with Gasteiger partial charge in [0.25, 0.3) is 0 Å². The molecule has 1 aromatic rings. The molecule has 0 bridgehead atoms. The molecule has 1 aromatic carbocycles. The first kappa shape index (κ1) is 25.1. The zero-order valence-corrected chi connectivity index (χ0v) is 18.4. The van der Waals surface area contributed by atoms with Crippen molar-refractivity contribution in [3.05, 3.63) is 39.3 Å². The van der Waals surface area contributed by atoms with Crippen molar-refractivity contribution >= 4 is 55.0 Å². The van der Waals surface area contributed by atoms with E-state index in [1.807, 2.05) is 0 Å². The molecule has 0 saturated carbocycles. The van der Waals surface area contributed by atoms with Crippen molar-refractivity contribution in [3.63, 3.8) is 0 Å². The molecule has 0 aromatic heterocycles. The van der Waals surface area contributed by atoms with Crippen LogP contribution in [0.3, 0.4) is 0 Å². The molecule has 0 aliphatic carbocycles. The van der Waals surface area contributed by atoms with E-state index in [4.69, 9.17) is 21.6 Å². The number of phenolic OH excluding ortho intramolecular Hbond substituents is 1. The summed E-state index contributed by atoms with van der Waals surface area (Å²) in [6, 6.07) is 0. The van der Waals surface area contributed by atoms with Crippen LogP contribution in [-0.4, -0.2) is 53.4 Å². The van der Waals surface area contributed by atoms with Crippen LogP contribution in [0.2, 0.25) is 5.02 Å². The fraction of sp³-hybridized carbons (Fsp3) is 0.333. The Kier molecular flexibility index (Phi) is 11.3. The number of hydrazone groups is 1. The van der Waals surface area contributed by atoms with Crippen LogP contribution < -0.4 is 10.4 Å². The van der Waals surface area contributed by atoms with Crippen LogP contribution in [0.1, 0.15) is 5.56 Å². The van der Waals surface area contributed by atoms with Gasteiger partial charge in [0.1, 0.15) is 16.5 Å². The number of aliphatic hydroxyl groups is 1. The highest BCUT2D eigenvalue weighted by atomic mass is 79.9. The highest BCUT2D eigenvalue weighted by Gasteiger charge is 2.37. The summed E-state index contributed by atoms with van der Waals surface area (Å²) < 4.78 is 0.507. The fourth-order valence-electron chi connectivity index (χ4n) is 1.89. The Morgan fingerprint density at radius 1 is 1.38 bits per heavy atom. The van der Waals surface area contributed by atoms with Gasteiger partial charge in [0.05, 0.1) is 11.1 Å². The SMILES string of the molecule is C=C.C=C=NNO[N+](C)(O)c1c(Cl)c(CN(C)CCO)c(Br)c(O)c1Br. The lowest BCUT2D eigenvalue weighted by Crippen LogP contribution is -2.45. The van der Waals surface area contributed by atoms with Gasteiger partial charge in [-0.25, -0.2) is 0 Å². The largest absolute Gasteiger partial charge is 0.505 e. The number of nitrogens with one attached hydrogen (secondary N) is 1. The Bertz CT molecular complexity index is 670. The Hall–Kier alpha value is -0.940. The van der Waals surface area contributed by atoms with Crippen LogP contribution in [0.25, 0.3) is 0 Å².